The van der Waals surface area contributed by atoms with E-state index >= 15 is 0 Å². The fourth-order valence-corrected chi connectivity index (χ4v) is 4.22. The van der Waals surface area contributed by atoms with E-state index in [9.17, 15) is 13.2 Å². The smallest absolute Gasteiger partial charge is 0.337 e. The van der Waals surface area contributed by atoms with E-state index in [2.05, 4.69) is 0 Å². The van der Waals surface area contributed by atoms with Gasteiger partial charge in [0.2, 0.25) is 10.0 Å². The highest BCUT2D eigenvalue weighted by atomic mass is 32.2. The average Bonchev–Trinajstić information content (AvgIpc) is 2.35. The van der Waals surface area contributed by atoms with Gasteiger partial charge in [0.15, 0.2) is 0 Å². The molecule has 116 valence electrons. The van der Waals surface area contributed by atoms with Gasteiger partial charge in [0.1, 0.15) is 0 Å². The number of anilines is 1. The van der Waals surface area contributed by atoms with Crippen molar-refractivity contribution in [3.8, 4) is 0 Å². The van der Waals surface area contributed by atoms with E-state index in [-0.39, 0.29) is 35.3 Å². The largest absolute Gasteiger partial charge is 0.478 e. The molecule has 1 aliphatic rings. The minimum atomic E-state index is -4.01. The number of rotatable bonds is 6. The molecule has 0 unspecified atom stereocenters. The number of aromatic carboxylic acids is 1. The van der Waals surface area contributed by atoms with Crippen molar-refractivity contribution in [3.63, 3.8) is 0 Å². The molecule has 0 radical (unpaired) electrons. The van der Waals surface area contributed by atoms with Crippen LogP contribution in [-0.2, 0) is 10.0 Å². The van der Waals surface area contributed by atoms with E-state index in [1.54, 1.807) is 0 Å². The van der Waals surface area contributed by atoms with Crippen molar-refractivity contribution in [3.05, 3.63) is 23.8 Å². The lowest BCUT2D eigenvalue weighted by molar-refractivity contribution is 0.0692. The van der Waals surface area contributed by atoms with Gasteiger partial charge in [-0.3, -0.25) is 0 Å². The van der Waals surface area contributed by atoms with Crippen molar-refractivity contribution in [2.75, 3.05) is 18.9 Å². The Morgan fingerprint density at radius 2 is 2.05 bits per heavy atom. The van der Waals surface area contributed by atoms with Gasteiger partial charge < -0.3 is 15.9 Å². The summed E-state index contributed by atoms with van der Waals surface area (Å²) in [5.74, 6) is -1.33. The van der Waals surface area contributed by atoms with Gasteiger partial charge in [-0.25, -0.2) is 13.2 Å². The summed E-state index contributed by atoms with van der Waals surface area (Å²) in [6.07, 6.45) is 2.35. The van der Waals surface area contributed by atoms with Crippen LogP contribution in [-0.4, -0.2) is 48.1 Å². The SMILES string of the molecule is Nc1ccc(C(=O)O)c(S(=O)(=O)N(CCO)C2CCC2)c1. The molecule has 0 atom stereocenters. The molecule has 1 aromatic rings. The number of nitrogen functional groups attached to an aromatic ring is 1. The normalized spacial score (nSPS) is 15.9. The second kappa shape index (κ2) is 6.00. The fourth-order valence-electron chi connectivity index (χ4n) is 2.33. The minimum Gasteiger partial charge on any atom is -0.478 e. The second-order valence-electron chi connectivity index (χ2n) is 4.98. The van der Waals surface area contributed by atoms with Gasteiger partial charge >= 0.3 is 5.97 Å². The monoisotopic (exact) mass is 314 g/mol. The summed E-state index contributed by atoms with van der Waals surface area (Å²) >= 11 is 0. The highest BCUT2D eigenvalue weighted by molar-refractivity contribution is 7.89. The van der Waals surface area contributed by atoms with Crippen molar-refractivity contribution in [2.24, 2.45) is 0 Å². The highest BCUT2D eigenvalue weighted by Crippen LogP contribution is 2.31. The first-order valence-electron chi connectivity index (χ1n) is 6.63. The van der Waals surface area contributed by atoms with Crippen molar-refractivity contribution in [1.29, 1.82) is 0 Å². The van der Waals surface area contributed by atoms with Crippen LogP contribution in [0.1, 0.15) is 29.6 Å². The number of aliphatic hydroxyl groups excluding tert-OH is 1. The Bertz CT molecular complexity index is 640. The number of carbonyl (C=O) groups is 1. The molecule has 0 heterocycles. The van der Waals surface area contributed by atoms with Gasteiger partial charge in [0.05, 0.1) is 17.1 Å². The van der Waals surface area contributed by atoms with Gasteiger partial charge in [0, 0.05) is 18.3 Å². The van der Waals surface area contributed by atoms with Crippen molar-refractivity contribution >= 4 is 21.7 Å². The van der Waals surface area contributed by atoms with Crippen LogP contribution in [0.5, 0.6) is 0 Å². The van der Waals surface area contributed by atoms with Crippen LogP contribution in [0.4, 0.5) is 5.69 Å². The Labute approximate surface area is 123 Å². The van der Waals surface area contributed by atoms with E-state index in [1.807, 2.05) is 0 Å². The Kier molecular flexibility index (Phi) is 4.50. The number of hydrogen-bond donors (Lipinski definition) is 3. The molecular weight excluding hydrogens is 296 g/mol. The lowest BCUT2D eigenvalue weighted by atomic mass is 9.93. The third kappa shape index (κ3) is 3.02. The van der Waals surface area contributed by atoms with Gasteiger partial charge in [-0.1, -0.05) is 6.42 Å². The predicted octanol–water partition coefficient (Wildman–Crippen LogP) is 0.502. The number of nitrogens with zero attached hydrogens (tertiary/aromatic N) is 1. The van der Waals surface area contributed by atoms with E-state index in [1.165, 1.54) is 16.4 Å². The molecule has 21 heavy (non-hydrogen) atoms. The number of aliphatic hydroxyl groups is 1. The number of hydrogen-bond acceptors (Lipinski definition) is 5. The Hall–Kier alpha value is -1.64. The van der Waals surface area contributed by atoms with Crippen LogP contribution in [0.3, 0.4) is 0 Å². The maximum atomic E-state index is 12.7. The summed E-state index contributed by atoms with van der Waals surface area (Å²) < 4.78 is 26.6. The lowest BCUT2D eigenvalue weighted by Gasteiger charge is -2.36. The van der Waals surface area contributed by atoms with Crippen LogP contribution in [0.15, 0.2) is 23.1 Å². The van der Waals surface area contributed by atoms with Gasteiger partial charge in [-0.2, -0.15) is 4.31 Å². The van der Waals surface area contributed by atoms with Crippen LogP contribution < -0.4 is 5.73 Å². The van der Waals surface area contributed by atoms with Crippen molar-refractivity contribution in [2.45, 2.75) is 30.2 Å². The predicted molar refractivity (Wildman–Crippen MR) is 76.4 cm³/mol. The first-order valence-corrected chi connectivity index (χ1v) is 8.07. The maximum absolute atomic E-state index is 12.7. The van der Waals surface area contributed by atoms with Crippen molar-refractivity contribution < 1.29 is 23.4 Å². The van der Waals surface area contributed by atoms with Gasteiger partial charge in [0.25, 0.3) is 0 Å². The molecule has 0 aliphatic heterocycles. The molecule has 1 aromatic carbocycles. The van der Waals surface area contributed by atoms with E-state index in [0.717, 1.165) is 12.5 Å². The summed E-state index contributed by atoms with van der Waals surface area (Å²) in [4.78, 5) is 10.9. The molecule has 0 bridgehead atoms. The summed E-state index contributed by atoms with van der Waals surface area (Å²) in [5.41, 5.74) is 5.46. The summed E-state index contributed by atoms with van der Waals surface area (Å²) in [5, 5.41) is 18.3. The Morgan fingerprint density at radius 3 is 2.52 bits per heavy atom. The second-order valence-corrected chi connectivity index (χ2v) is 6.84. The molecule has 1 aliphatic carbocycles. The Morgan fingerprint density at radius 1 is 1.38 bits per heavy atom. The number of carboxylic acids is 1. The molecule has 0 saturated heterocycles. The molecule has 8 heteroatoms. The molecule has 4 N–H and O–H groups in total. The molecule has 0 amide bonds. The quantitative estimate of drug-likeness (QED) is 0.658. The summed E-state index contributed by atoms with van der Waals surface area (Å²) in [6, 6.07) is 3.50. The van der Waals surface area contributed by atoms with Crippen molar-refractivity contribution in [1.82, 2.24) is 4.31 Å². The maximum Gasteiger partial charge on any atom is 0.337 e. The third-order valence-electron chi connectivity index (χ3n) is 3.63. The molecule has 7 nitrogen and oxygen atoms in total. The number of carboxylic acid groups (broad SMARTS) is 1. The highest BCUT2D eigenvalue weighted by Gasteiger charge is 2.36. The average molecular weight is 314 g/mol. The zero-order valence-electron chi connectivity index (χ0n) is 11.4. The topological polar surface area (TPSA) is 121 Å². The van der Waals surface area contributed by atoms with E-state index in [4.69, 9.17) is 15.9 Å². The molecule has 1 fully saturated rings. The van der Waals surface area contributed by atoms with Crippen LogP contribution in [0, 0.1) is 0 Å². The molecule has 1 saturated carbocycles. The molecule has 0 spiro atoms. The van der Waals surface area contributed by atoms with Crippen LogP contribution >= 0.6 is 0 Å². The first kappa shape index (κ1) is 15.7. The number of sulfonamides is 1. The Balaban J connectivity index is 2.50. The van der Waals surface area contributed by atoms with Crippen LogP contribution in [0.25, 0.3) is 0 Å². The van der Waals surface area contributed by atoms with Gasteiger partial charge in [-0.15, -0.1) is 0 Å². The number of nitrogens with two attached hydrogens (primary N) is 1. The number of benzene rings is 1. The summed E-state index contributed by atoms with van der Waals surface area (Å²) in [7, 11) is -4.01. The zero-order chi connectivity index (χ0) is 15.6. The molecule has 0 aromatic heterocycles. The third-order valence-corrected chi connectivity index (χ3v) is 5.62. The molecule has 2 rings (SSSR count). The molecular formula is C13H18N2O5S. The lowest BCUT2D eigenvalue weighted by Crippen LogP contribution is -2.45. The van der Waals surface area contributed by atoms with Gasteiger partial charge in [-0.05, 0) is 31.0 Å². The van der Waals surface area contributed by atoms with E-state index < -0.39 is 16.0 Å². The summed E-state index contributed by atoms with van der Waals surface area (Å²) in [6.45, 7) is -0.374. The minimum absolute atomic E-state index is 0.0547. The first-order chi connectivity index (χ1) is 9.87. The van der Waals surface area contributed by atoms with Crippen LogP contribution in [0.2, 0.25) is 0 Å². The van der Waals surface area contributed by atoms with E-state index in [0.29, 0.717) is 12.8 Å². The standard InChI is InChI=1S/C13H18N2O5S/c14-9-4-5-11(13(17)18)12(8-9)21(19,20)15(6-7-16)10-2-1-3-10/h4-5,8,10,16H,1-3,6-7,14H2,(H,17,18). The fraction of sp³-hybridized carbons (Fsp3) is 0.462. The zero-order valence-corrected chi connectivity index (χ0v) is 12.2.